The maximum absolute atomic E-state index is 13.5. The molecule has 0 fully saturated rings. The van der Waals surface area contributed by atoms with Gasteiger partial charge in [-0.05, 0) is 79.9 Å². The first-order valence-corrected chi connectivity index (χ1v) is 13.4. The molecule has 2 N–H and O–H groups in total. The third-order valence-electron chi connectivity index (χ3n) is 6.31. The number of amides is 1. The van der Waals surface area contributed by atoms with Crippen molar-refractivity contribution in [3.05, 3.63) is 89.4 Å². The number of aromatic nitrogens is 2. The van der Waals surface area contributed by atoms with E-state index in [9.17, 15) is 13.2 Å². The number of hydrogen-bond acceptors (Lipinski definition) is 5. The smallest absolute Gasteiger partial charge is 0.261 e. The van der Waals surface area contributed by atoms with E-state index in [1.54, 1.807) is 24.8 Å². The number of benzene rings is 3. The van der Waals surface area contributed by atoms with Crippen LogP contribution in [0.15, 0.2) is 71.8 Å². The number of imidazole rings is 1. The Morgan fingerprint density at radius 3 is 2.59 bits per heavy atom. The number of nitrogens with zero attached hydrogens (tertiary/aromatic N) is 2. The van der Waals surface area contributed by atoms with E-state index in [0.29, 0.717) is 36.5 Å². The van der Waals surface area contributed by atoms with Gasteiger partial charge in [0.15, 0.2) is 0 Å². The molecule has 8 nitrogen and oxygen atoms in total. The SMILES string of the molecule is C=C(C)NS(=O)(=O)c1ccc(C(=O)N2CCOc3ccc(-c4ccc5nc(C)[nH]c5c4)cc3C2)c(C)c1. The molecule has 1 amide bonds. The van der Waals surface area contributed by atoms with Gasteiger partial charge >= 0.3 is 0 Å². The molecule has 0 saturated carbocycles. The van der Waals surface area contributed by atoms with Crippen LogP contribution in [-0.4, -0.2) is 42.3 Å². The van der Waals surface area contributed by atoms with Crippen molar-refractivity contribution in [1.29, 1.82) is 0 Å². The highest BCUT2D eigenvalue weighted by molar-refractivity contribution is 7.89. The van der Waals surface area contributed by atoms with Crippen LogP contribution in [0.5, 0.6) is 5.75 Å². The molecule has 1 aromatic heterocycles. The summed E-state index contributed by atoms with van der Waals surface area (Å²) in [7, 11) is -3.74. The van der Waals surface area contributed by atoms with E-state index in [0.717, 1.165) is 39.3 Å². The summed E-state index contributed by atoms with van der Waals surface area (Å²) in [5.41, 5.74) is 6.20. The Morgan fingerprint density at radius 2 is 1.84 bits per heavy atom. The standard InChI is InChI=1S/C28H28N4O4S/c1-17(2)31-37(34,35)23-7-8-24(18(3)13-23)28(33)32-11-12-36-27-10-6-20(14-22(27)16-32)21-5-9-25-26(15-21)30-19(4)29-25/h5-10,13-15,31H,1,11-12,16H2,2-4H3,(H,29,30). The molecule has 1 aliphatic heterocycles. The number of rotatable bonds is 5. The highest BCUT2D eigenvalue weighted by Gasteiger charge is 2.24. The number of sulfonamides is 1. The Labute approximate surface area is 216 Å². The summed E-state index contributed by atoms with van der Waals surface area (Å²) < 4.78 is 33.3. The molecular weight excluding hydrogens is 488 g/mol. The second-order valence-electron chi connectivity index (χ2n) is 9.31. The van der Waals surface area contributed by atoms with E-state index in [2.05, 4.69) is 33.4 Å². The maximum atomic E-state index is 13.5. The van der Waals surface area contributed by atoms with Crippen molar-refractivity contribution in [2.24, 2.45) is 0 Å². The van der Waals surface area contributed by atoms with Crippen molar-refractivity contribution in [2.75, 3.05) is 13.2 Å². The first-order chi connectivity index (χ1) is 17.6. The highest BCUT2D eigenvalue weighted by Crippen LogP contribution is 2.31. The van der Waals surface area contributed by atoms with Crippen LogP contribution in [0.3, 0.4) is 0 Å². The molecule has 2 heterocycles. The molecule has 0 aliphatic carbocycles. The van der Waals surface area contributed by atoms with Gasteiger partial charge in [-0.25, -0.2) is 13.4 Å². The van der Waals surface area contributed by atoms with Crippen molar-refractivity contribution < 1.29 is 17.9 Å². The van der Waals surface area contributed by atoms with E-state index in [1.165, 1.54) is 12.1 Å². The zero-order chi connectivity index (χ0) is 26.3. The summed E-state index contributed by atoms with van der Waals surface area (Å²) >= 11 is 0. The summed E-state index contributed by atoms with van der Waals surface area (Å²) in [6.45, 7) is 9.99. The van der Waals surface area contributed by atoms with Gasteiger partial charge in [-0.2, -0.15) is 0 Å². The Morgan fingerprint density at radius 1 is 1.08 bits per heavy atom. The summed E-state index contributed by atoms with van der Waals surface area (Å²) in [6.07, 6.45) is 0. The number of allylic oxidation sites excluding steroid dienone is 1. The van der Waals surface area contributed by atoms with Gasteiger partial charge in [0.05, 0.1) is 22.5 Å². The van der Waals surface area contributed by atoms with Crippen LogP contribution in [0, 0.1) is 13.8 Å². The highest BCUT2D eigenvalue weighted by atomic mass is 32.2. The van der Waals surface area contributed by atoms with Gasteiger partial charge in [0.1, 0.15) is 18.2 Å². The molecule has 0 spiro atoms. The number of carbonyl (C=O) groups excluding carboxylic acids is 1. The molecule has 0 radical (unpaired) electrons. The van der Waals surface area contributed by atoms with Crippen molar-refractivity contribution in [3.8, 4) is 16.9 Å². The van der Waals surface area contributed by atoms with Gasteiger partial charge in [0, 0.05) is 23.4 Å². The normalized spacial score (nSPS) is 13.5. The van der Waals surface area contributed by atoms with E-state index >= 15 is 0 Å². The molecule has 1 aliphatic rings. The van der Waals surface area contributed by atoms with Gasteiger partial charge in [-0.1, -0.05) is 18.7 Å². The fourth-order valence-electron chi connectivity index (χ4n) is 4.57. The number of carbonyl (C=O) groups is 1. The molecule has 0 unspecified atom stereocenters. The fourth-order valence-corrected chi connectivity index (χ4v) is 5.72. The van der Waals surface area contributed by atoms with E-state index < -0.39 is 10.0 Å². The van der Waals surface area contributed by atoms with Crippen molar-refractivity contribution in [3.63, 3.8) is 0 Å². The van der Waals surface area contributed by atoms with Crippen LogP contribution >= 0.6 is 0 Å². The molecule has 0 atom stereocenters. The molecule has 9 heteroatoms. The van der Waals surface area contributed by atoms with Crippen molar-refractivity contribution in [1.82, 2.24) is 19.6 Å². The lowest BCUT2D eigenvalue weighted by molar-refractivity contribution is 0.0732. The van der Waals surface area contributed by atoms with Crippen molar-refractivity contribution in [2.45, 2.75) is 32.2 Å². The lowest BCUT2D eigenvalue weighted by Crippen LogP contribution is -2.33. The summed E-state index contributed by atoms with van der Waals surface area (Å²) in [5, 5.41) is 0. The zero-order valence-corrected chi connectivity index (χ0v) is 21.8. The molecule has 190 valence electrons. The van der Waals surface area contributed by atoms with Crippen molar-refractivity contribution >= 4 is 27.0 Å². The minimum atomic E-state index is -3.74. The lowest BCUT2D eigenvalue weighted by Gasteiger charge is -2.21. The van der Waals surface area contributed by atoms with Gasteiger partial charge in [-0.15, -0.1) is 0 Å². The number of nitrogens with one attached hydrogen (secondary N) is 2. The Balaban J connectivity index is 1.42. The first-order valence-electron chi connectivity index (χ1n) is 11.9. The van der Waals surface area contributed by atoms with Crippen LogP contribution in [0.4, 0.5) is 0 Å². The maximum Gasteiger partial charge on any atom is 0.261 e. The molecule has 0 saturated heterocycles. The Bertz CT molecular complexity index is 1660. The van der Waals surface area contributed by atoms with Gasteiger partial charge in [0.25, 0.3) is 15.9 Å². The topological polar surface area (TPSA) is 104 Å². The largest absolute Gasteiger partial charge is 0.491 e. The summed E-state index contributed by atoms with van der Waals surface area (Å²) in [5.74, 6) is 1.44. The molecule has 5 rings (SSSR count). The second kappa shape index (κ2) is 9.40. The van der Waals surface area contributed by atoms with Crippen LogP contribution in [0.2, 0.25) is 0 Å². The predicted octanol–water partition coefficient (Wildman–Crippen LogP) is 4.69. The predicted molar refractivity (Wildman–Crippen MR) is 143 cm³/mol. The van der Waals surface area contributed by atoms with Crippen LogP contribution in [-0.2, 0) is 16.6 Å². The molecule has 0 bridgehead atoms. The molecule has 3 aromatic carbocycles. The average molecular weight is 517 g/mol. The first kappa shape index (κ1) is 24.6. The number of aromatic amines is 1. The van der Waals surface area contributed by atoms with E-state index in [1.807, 2.05) is 31.2 Å². The molecule has 4 aromatic rings. The minimum absolute atomic E-state index is 0.0863. The quantitative estimate of drug-likeness (QED) is 0.400. The molecular formula is C28H28N4O4S. The lowest BCUT2D eigenvalue weighted by atomic mass is 10.0. The number of fused-ring (bicyclic) bond motifs is 2. The number of ether oxygens (including phenoxy) is 1. The van der Waals surface area contributed by atoms with Crippen LogP contribution < -0.4 is 9.46 Å². The number of hydrogen-bond donors (Lipinski definition) is 2. The fraction of sp³-hybridized carbons (Fsp3) is 0.214. The summed E-state index contributed by atoms with van der Waals surface area (Å²) in [4.78, 5) is 23.1. The Kier molecular flexibility index (Phi) is 6.25. The average Bonchev–Trinajstić information content (AvgIpc) is 3.08. The molecule has 37 heavy (non-hydrogen) atoms. The summed E-state index contributed by atoms with van der Waals surface area (Å²) in [6, 6.07) is 16.6. The number of aryl methyl sites for hydroxylation is 2. The number of H-pyrrole nitrogens is 1. The third kappa shape index (κ3) is 4.95. The van der Waals surface area contributed by atoms with E-state index in [-0.39, 0.29) is 10.8 Å². The van der Waals surface area contributed by atoms with Gasteiger partial charge in [-0.3, -0.25) is 9.52 Å². The second-order valence-corrected chi connectivity index (χ2v) is 11.0. The van der Waals surface area contributed by atoms with Gasteiger partial charge in [0.2, 0.25) is 0 Å². The van der Waals surface area contributed by atoms with Crippen LogP contribution in [0.25, 0.3) is 22.2 Å². The van der Waals surface area contributed by atoms with Gasteiger partial charge < -0.3 is 14.6 Å². The van der Waals surface area contributed by atoms with Crippen LogP contribution in [0.1, 0.15) is 34.2 Å². The van der Waals surface area contributed by atoms with E-state index in [4.69, 9.17) is 4.74 Å². The Hall–Kier alpha value is -4.11. The zero-order valence-electron chi connectivity index (χ0n) is 21.0. The third-order valence-corrected chi connectivity index (χ3v) is 7.80. The monoisotopic (exact) mass is 516 g/mol. The minimum Gasteiger partial charge on any atom is -0.491 e.